The Morgan fingerprint density at radius 3 is 2.46 bits per heavy atom. The van der Waals surface area contributed by atoms with E-state index < -0.39 is 10.0 Å². The summed E-state index contributed by atoms with van der Waals surface area (Å²) in [6, 6.07) is 10.9. The van der Waals surface area contributed by atoms with Gasteiger partial charge in [-0.1, -0.05) is 19.1 Å². The van der Waals surface area contributed by atoms with Crippen LogP contribution in [0.4, 0.5) is 0 Å². The zero-order valence-corrected chi connectivity index (χ0v) is 17.8. The molecule has 152 valence electrons. The van der Waals surface area contributed by atoms with Crippen molar-refractivity contribution in [2.24, 2.45) is 0 Å². The Morgan fingerprint density at radius 2 is 1.86 bits per heavy atom. The second kappa shape index (κ2) is 9.07. The van der Waals surface area contributed by atoms with Gasteiger partial charge in [0.05, 0.1) is 19.6 Å². The lowest BCUT2D eigenvalue weighted by Gasteiger charge is -2.17. The van der Waals surface area contributed by atoms with Crippen LogP contribution in [0.3, 0.4) is 0 Å². The van der Waals surface area contributed by atoms with E-state index in [9.17, 15) is 13.2 Å². The molecule has 1 N–H and O–H groups in total. The van der Waals surface area contributed by atoms with Gasteiger partial charge in [-0.25, -0.2) is 8.42 Å². The lowest BCUT2D eigenvalue weighted by molar-refractivity contribution is -0.121. The van der Waals surface area contributed by atoms with Crippen LogP contribution < -0.4 is 10.1 Å². The Labute approximate surface area is 170 Å². The number of amides is 1. The number of nitrogens with one attached hydrogen (secondary N) is 1. The van der Waals surface area contributed by atoms with E-state index in [1.165, 1.54) is 15.6 Å². The maximum Gasteiger partial charge on any atom is 0.252 e. The number of hydrogen-bond donors (Lipinski definition) is 1. The number of carbonyl (C=O) groups is 1. The van der Waals surface area contributed by atoms with E-state index in [4.69, 9.17) is 4.74 Å². The smallest absolute Gasteiger partial charge is 0.252 e. The fourth-order valence-corrected chi connectivity index (χ4v) is 6.33. The van der Waals surface area contributed by atoms with Crippen molar-refractivity contribution in [1.82, 2.24) is 9.62 Å². The van der Waals surface area contributed by atoms with Crippen molar-refractivity contribution in [2.75, 3.05) is 20.2 Å². The molecule has 1 aromatic carbocycles. The van der Waals surface area contributed by atoms with Crippen LogP contribution in [0, 0.1) is 0 Å². The molecule has 0 radical (unpaired) electrons. The number of nitrogens with zero attached hydrogens (tertiary/aromatic N) is 1. The van der Waals surface area contributed by atoms with Gasteiger partial charge in [-0.3, -0.25) is 4.79 Å². The van der Waals surface area contributed by atoms with Gasteiger partial charge in [0, 0.05) is 18.0 Å². The van der Waals surface area contributed by atoms with Crippen LogP contribution >= 0.6 is 11.3 Å². The lowest BCUT2D eigenvalue weighted by Crippen LogP contribution is -2.29. The molecule has 2 aromatic rings. The fraction of sp³-hybridized carbons (Fsp3) is 0.450. The average Bonchev–Trinajstić information content (AvgIpc) is 3.39. The van der Waals surface area contributed by atoms with E-state index in [1.807, 2.05) is 31.2 Å². The monoisotopic (exact) mass is 422 g/mol. The number of ether oxygens (including phenoxy) is 1. The van der Waals surface area contributed by atoms with Crippen LogP contribution in [-0.2, 0) is 21.2 Å². The molecule has 1 fully saturated rings. The highest BCUT2D eigenvalue weighted by Gasteiger charge is 2.28. The summed E-state index contributed by atoms with van der Waals surface area (Å²) in [7, 11) is -1.80. The van der Waals surface area contributed by atoms with E-state index in [-0.39, 0.29) is 18.4 Å². The van der Waals surface area contributed by atoms with Crippen LogP contribution in [0.15, 0.2) is 40.6 Å². The van der Waals surface area contributed by atoms with Crippen LogP contribution in [0.2, 0.25) is 0 Å². The van der Waals surface area contributed by atoms with Gasteiger partial charge in [-0.05, 0) is 49.1 Å². The van der Waals surface area contributed by atoms with Gasteiger partial charge < -0.3 is 10.1 Å². The largest absolute Gasteiger partial charge is 0.497 e. The number of carbonyl (C=O) groups excluding carboxylic acids is 1. The van der Waals surface area contributed by atoms with Crippen LogP contribution in [0.1, 0.15) is 42.7 Å². The number of sulfonamides is 1. The molecule has 3 rings (SSSR count). The molecule has 2 heterocycles. The minimum Gasteiger partial charge on any atom is -0.497 e. The number of methoxy groups -OCH3 is 1. The van der Waals surface area contributed by atoms with Gasteiger partial charge >= 0.3 is 0 Å². The molecule has 1 aliphatic rings. The highest BCUT2D eigenvalue weighted by Crippen LogP contribution is 2.28. The summed E-state index contributed by atoms with van der Waals surface area (Å²) in [4.78, 5) is 13.3. The molecule has 1 aromatic heterocycles. The minimum absolute atomic E-state index is 0.0915. The molecule has 0 saturated carbocycles. The van der Waals surface area contributed by atoms with Crippen molar-refractivity contribution in [3.63, 3.8) is 0 Å². The minimum atomic E-state index is -3.42. The third-order valence-corrected chi connectivity index (χ3v) is 8.34. The molecule has 6 nitrogen and oxygen atoms in total. The molecule has 0 bridgehead atoms. The second-order valence-electron chi connectivity index (χ2n) is 6.81. The van der Waals surface area contributed by atoms with E-state index in [2.05, 4.69) is 5.32 Å². The fourth-order valence-electron chi connectivity index (χ4n) is 3.31. The van der Waals surface area contributed by atoms with Gasteiger partial charge in [0.15, 0.2) is 0 Å². The van der Waals surface area contributed by atoms with Crippen molar-refractivity contribution in [3.05, 3.63) is 46.8 Å². The topological polar surface area (TPSA) is 75.7 Å². The summed E-state index contributed by atoms with van der Waals surface area (Å²) in [6.07, 6.45) is 2.75. The molecule has 1 amide bonds. The average molecular weight is 423 g/mol. The quantitative estimate of drug-likeness (QED) is 0.708. The molecule has 1 aliphatic heterocycles. The van der Waals surface area contributed by atoms with Crippen LogP contribution in [-0.4, -0.2) is 38.8 Å². The Kier molecular flexibility index (Phi) is 6.74. The van der Waals surface area contributed by atoms with E-state index in [0.717, 1.165) is 35.5 Å². The van der Waals surface area contributed by atoms with E-state index in [1.54, 1.807) is 19.2 Å². The first-order valence-electron chi connectivity index (χ1n) is 9.46. The molecule has 1 atom stereocenters. The predicted molar refractivity (Wildman–Crippen MR) is 110 cm³/mol. The van der Waals surface area contributed by atoms with Crippen LogP contribution in [0.5, 0.6) is 5.75 Å². The van der Waals surface area contributed by atoms with Gasteiger partial charge in [0.25, 0.3) is 10.0 Å². The summed E-state index contributed by atoms with van der Waals surface area (Å²) in [6.45, 7) is 3.17. The maximum absolute atomic E-state index is 12.6. The zero-order chi connectivity index (χ0) is 20.1. The molecular weight excluding hydrogens is 396 g/mol. The normalized spacial score (nSPS) is 16.1. The summed E-state index contributed by atoms with van der Waals surface area (Å²) in [5, 5.41) is 3.04. The van der Waals surface area contributed by atoms with Crippen molar-refractivity contribution in [1.29, 1.82) is 0 Å². The van der Waals surface area contributed by atoms with Gasteiger partial charge in [-0.15, -0.1) is 11.3 Å². The second-order valence-corrected chi connectivity index (χ2v) is 10.1. The number of rotatable bonds is 8. The van der Waals surface area contributed by atoms with Crippen molar-refractivity contribution in [2.45, 2.75) is 42.9 Å². The predicted octanol–water partition coefficient (Wildman–Crippen LogP) is 3.35. The molecule has 1 unspecified atom stereocenters. The molecular formula is C20H26N2O4S2. The summed E-state index contributed by atoms with van der Waals surface area (Å²) in [5.41, 5.74) is 1.01. The van der Waals surface area contributed by atoms with Crippen molar-refractivity contribution in [3.8, 4) is 5.75 Å². The van der Waals surface area contributed by atoms with Gasteiger partial charge in [0.1, 0.15) is 9.96 Å². The first-order chi connectivity index (χ1) is 13.4. The number of thiophene rings is 1. The molecule has 8 heteroatoms. The molecule has 0 spiro atoms. The number of hydrogen-bond acceptors (Lipinski definition) is 5. The Hall–Kier alpha value is -1.90. The highest BCUT2D eigenvalue weighted by molar-refractivity contribution is 7.91. The van der Waals surface area contributed by atoms with E-state index >= 15 is 0 Å². The first-order valence-corrected chi connectivity index (χ1v) is 11.7. The maximum atomic E-state index is 12.6. The van der Waals surface area contributed by atoms with Gasteiger partial charge in [-0.2, -0.15) is 4.31 Å². The van der Waals surface area contributed by atoms with Crippen LogP contribution in [0.25, 0.3) is 0 Å². The Balaban J connectivity index is 1.63. The summed E-state index contributed by atoms with van der Waals surface area (Å²) >= 11 is 1.18. The lowest BCUT2D eigenvalue weighted by atomic mass is 10.0. The summed E-state index contributed by atoms with van der Waals surface area (Å²) < 4.78 is 32.3. The highest BCUT2D eigenvalue weighted by atomic mass is 32.2. The Bertz CT molecular complexity index is 901. The molecule has 1 saturated heterocycles. The SMILES string of the molecule is CCC(NC(=O)Cc1ccc(S(=O)(=O)N2CCCC2)s1)c1ccc(OC)cc1. The zero-order valence-electron chi connectivity index (χ0n) is 16.2. The van der Waals surface area contributed by atoms with Gasteiger partial charge in [0.2, 0.25) is 5.91 Å². The standard InChI is InChI=1S/C20H26N2O4S2/c1-3-18(15-6-8-16(26-2)9-7-15)21-19(23)14-17-10-11-20(27-17)28(24,25)22-12-4-5-13-22/h6-11,18H,3-5,12-14H2,1-2H3,(H,21,23). The molecule has 28 heavy (non-hydrogen) atoms. The first kappa shape index (κ1) is 20.8. The molecule has 0 aliphatic carbocycles. The van der Waals surface area contributed by atoms with E-state index in [0.29, 0.717) is 17.3 Å². The van der Waals surface area contributed by atoms with Crippen molar-refractivity contribution < 1.29 is 17.9 Å². The van der Waals surface area contributed by atoms with Crippen molar-refractivity contribution >= 4 is 27.3 Å². The third-order valence-electron chi connectivity index (χ3n) is 4.89. The third kappa shape index (κ3) is 4.74. The Morgan fingerprint density at radius 1 is 1.18 bits per heavy atom. The summed E-state index contributed by atoms with van der Waals surface area (Å²) in [5.74, 6) is 0.657. The number of benzene rings is 1.